The van der Waals surface area contributed by atoms with Crippen molar-refractivity contribution in [2.24, 2.45) is 0 Å². The number of carbonyl (C=O) groups is 2. The smallest absolute Gasteiger partial charge is 0.224 e. The van der Waals surface area contributed by atoms with Gasteiger partial charge in [-0.1, -0.05) is 12.8 Å². The highest BCUT2D eigenvalue weighted by Gasteiger charge is 2.18. The Morgan fingerprint density at radius 3 is 2.55 bits per heavy atom. The summed E-state index contributed by atoms with van der Waals surface area (Å²) in [5.74, 6) is 2.37. The summed E-state index contributed by atoms with van der Waals surface area (Å²) in [4.78, 5) is 25.9. The summed E-state index contributed by atoms with van der Waals surface area (Å²) in [5, 5.41) is 6.23. The molecule has 2 heterocycles. The molecular weight excluding hydrogens is 322 g/mol. The van der Waals surface area contributed by atoms with E-state index in [0.717, 1.165) is 44.0 Å². The quantitative estimate of drug-likeness (QED) is 0.788. The maximum absolute atomic E-state index is 12.1. The van der Waals surface area contributed by atoms with Gasteiger partial charge >= 0.3 is 0 Å². The van der Waals surface area contributed by atoms with Crippen molar-refractivity contribution in [2.45, 2.75) is 44.6 Å². The number of nitrogens with one attached hydrogen (secondary N) is 2. The molecule has 2 fully saturated rings. The summed E-state index contributed by atoms with van der Waals surface area (Å²) >= 11 is 1.89. The first-order valence-corrected chi connectivity index (χ1v) is 9.27. The monoisotopic (exact) mass is 349 g/mol. The zero-order valence-corrected chi connectivity index (χ0v) is 14.8. The van der Waals surface area contributed by atoms with Crippen molar-refractivity contribution in [1.82, 2.24) is 15.5 Å². The Balaban J connectivity index is 0.00000242. The topological polar surface area (TPSA) is 61.4 Å². The minimum absolute atomic E-state index is 0. The first-order chi connectivity index (χ1) is 10.3. The predicted octanol–water partition coefficient (Wildman–Crippen LogP) is 1.41. The van der Waals surface area contributed by atoms with Crippen LogP contribution in [-0.2, 0) is 9.59 Å². The van der Waals surface area contributed by atoms with E-state index in [4.69, 9.17) is 0 Å². The molecule has 2 N–H and O–H groups in total. The van der Waals surface area contributed by atoms with Crippen molar-refractivity contribution in [3.63, 3.8) is 0 Å². The minimum Gasteiger partial charge on any atom is -0.356 e. The third-order valence-corrected chi connectivity index (χ3v) is 5.18. The summed E-state index contributed by atoms with van der Waals surface area (Å²) in [6, 6.07) is 0.282. The van der Waals surface area contributed by atoms with Gasteiger partial charge in [-0.3, -0.25) is 9.59 Å². The molecule has 1 atom stereocenters. The van der Waals surface area contributed by atoms with Crippen LogP contribution >= 0.6 is 24.2 Å². The van der Waals surface area contributed by atoms with Gasteiger partial charge in [0.25, 0.3) is 0 Å². The van der Waals surface area contributed by atoms with Gasteiger partial charge in [-0.15, -0.1) is 12.4 Å². The molecule has 0 aromatic heterocycles. The molecule has 0 aromatic carbocycles. The Kier molecular flexibility index (Phi) is 9.91. The summed E-state index contributed by atoms with van der Waals surface area (Å²) in [5.41, 5.74) is 0. The van der Waals surface area contributed by atoms with Crippen molar-refractivity contribution in [3.05, 3.63) is 0 Å². The van der Waals surface area contributed by atoms with Crippen LogP contribution < -0.4 is 10.6 Å². The lowest BCUT2D eigenvalue weighted by Crippen LogP contribution is -2.42. The number of hydrogen-bond donors (Lipinski definition) is 2. The molecular formula is C15H28ClN3O2S. The van der Waals surface area contributed by atoms with Crippen LogP contribution in [0.5, 0.6) is 0 Å². The second kappa shape index (κ2) is 11.1. The Morgan fingerprint density at radius 2 is 1.91 bits per heavy atom. The van der Waals surface area contributed by atoms with Gasteiger partial charge < -0.3 is 15.5 Å². The molecule has 128 valence electrons. The Morgan fingerprint density at radius 1 is 1.18 bits per heavy atom. The molecule has 0 saturated carbocycles. The molecule has 2 aliphatic rings. The van der Waals surface area contributed by atoms with Crippen LogP contribution in [0.25, 0.3) is 0 Å². The number of thioether (sulfide) groups is 1. The van der Waals surface area contributed by atoms with E-state index in [1.54, 1.807) is 0 Å². The standard InChI is InChI=1S/C15H27N3O2S.ClH/c19-14(11-13-12-21-10-7-16-13)17-6-5-15(20)18-8-3-1-2-4-9-18;/h13,16H,1-12H2,(H,17,19);1H. The van der Waals surface area contributed by atoms with E-state index < -0.39 is 0 Å². The first kappa shape index (κ1) is 19.6. The van der Waals surface area contributed by atoms with Gasteiger partial charge in [0, 0.05) is 56.6 Å². The van der Waals surface area contributed by atoms with Crippen LogP contribution in [0.15, 0.2) is 0 Å². The molecule has 2 aliphatic heterocycles. The number of nitrogens with zero attached hydrogens (tertiary/aromatic N) is 1. The first-order valence-electron chi connectivity index (χ1n) is 8.11. The number of likely N-dealkylation sites (tertiary alicyclic amines) is 1. The number of rotatable bonds is 5. The van der Waals surface area contributed by atoms with Crippen molar-refractivity contribution in [2.75, 3.05) is 37.7 Å². The van der Waals surface area contributed by atoms with Gasteiger partial charge in [0.1, 0.15) is 0 Å². The number of amides is 2. The average molecular weight is 350 g/mol. The lowest BCUT2D eigenvalue weighted by atomic mass is 10.2. The van der Waals surface area contributed by atoms with Gasteiger partial charge in [-0.2, -0.15) is 11.8 Å². The summed E-state index contributed by atoms with van der Waals surface area (Å²) < 4.78 is 0. The number of halogens is 1. The molecule has 2 amide bonds. The molecule has 7 heteroatoms. The third-order valence-electron chi connectivity index (χ3n) is 4.05. The third kappa shape index (κ3) is 7.20. The zero-order valence-electron chi connectivity index (χ0n) is 13.1. The molecule has 0 spiro atoms. The fraction of sp³-hybridized carbons (Fsp3) is 0.867. The molecule has 5 nitrogen and oxygen atoms in total. The lowest BCUT2D eigenvalue weighted by molar-refractivity contribution is -0.131. The molecule has 2 rings (SSSR count). The molecule has 22 heavy (non-hydrogen) atoms. The van der Waals surface area contributed by atoms with Crippen molar-refractivity contribution >= 4 is 36.0 Å². The fourth-order valence-electron chi connectivity index (χ4n) is 2.83. The highest BCUT2D eigenvalue weighted by atomic mass is 35.5. The van der Waals surface area contributed by atoms with Crippen molar-refractivity contribution < 1.29 is 9.59 Å². The molecule has 0 radical (unpaired) electrons. The number of hydrogen-bond acceptors (Lipinski definition) is 4. The van der Waals surface area contributed by atoms with Crippen LogP contribution in [0.3, 0.4) is 0 Å². The Hall–Kier alpha value is -0.460. The molecule has 1 unspecified atom stereocenters. The highest BCUT2D eigenvalue weighted by Crippen LogP contribution is 2.11. The van der Waals surface area contributed by atoms with Crippen LogP contribution in [0.4, 0.5) is 0 Å². The van der Waals surface area contributed by atoms with Crippen LogP contribution in [0, 0.1) is 0 Å². The van der Waals surface area contributed by atoms with Crippen LogP contribution in [-0.4, -0.2) is 60.4 Å². The van der Waals surface area contributed by atoms with E-state index in [0.29, 0.717) is 19.4 Å². The van der Waals surface area contributed by atoms with E-state index in [2.05, 4.69) is 10.6 Å². The Bertz CT molecular complexity index is 344. The highest BCUT2D eigenvalue weighted by molar-refractivity contribution is 7.99. The van der Waals surface area contributed by atoms with Gasteiger partial charge in [0.2, 0.25) is 11.8 Å². The van der Waals surface area contributed by atoms with Crippen molar-refractivity contribution in [1.29, 1.82) is 0 Å². The van der Waals surface area contributed by atoms with Gasteiger partial charge in [0.15, 0.2) is 0 Å². The molecule has 0 aliphatic carbocycles. The SMILES string of the molecule is Cl.O=C(CC1CSCCN1)NCCC(=O)N1CCCCCC1. The summed E-state index contributed by atoms with van der Waals surface area (Å²) in [6.45, 7) is 3.22. The van der Waals surface area contributed by atoms with E-state index in [1.807, 2.05) is 16.7 Å². The fourth-order valence-corrected chi connectivity index (χ4v) is 3.78. The summed E-state index contributed by atoms with van der Waals surface area (Å²) in [6.07, 6.45) is 5.63. The van der Waals surface area contributed by atoms with Crippen LogP contribution in [0.1, 0.15) is 38.5 Å². The van der Waals surface area contributed by atoms with Gasteiger partial charge in [-0.25, -0.2) is 0 Å². The maximum Gasteiger partial charge on any atom is 0.224 e. The minimum atomic E-state index is 0. The number of carbonyl (C=O) groups excluding carboxylic acids is 2. The van der Waals surface area contributed by atoms with E-state index in [1.165, 1.54) is 12.8 Å². The zero-order chi connectivity index (χ0) is 14.9. The largest absolute Gasteiger partial charge is 0.356 e. The average Bonchev–Trinajstić information content (AvgIpc) is 2.77. The summed E-state index contributed by atoms with van der Waals surface area (Å²) in [7, 11) is 0. The maximum atomic E-state index is 12.1. The van der Waals surface area contributed by atoms with E-state index in [9.17, 15) is 9.59 Å². The van der Waals surface area contributed by atoms with Crippen LogP contribution in [0.2, 0.25) is 0 Å². The van der Waals surface area contributed by atoms with Crippen molar-refractivity contribution in [3.8, 4) is 0 Å². The molecule has 0 aromatic rings. The lowest BCUT2D eigenvalue weighted by Gasteiger charge is -2.23. The normalized spacial score (nSPS) is 22.4. The Labute approximate surface area is 143 Å². The predicted molar refractivity (Wildman–Crippen MR) is 93.7 cm³/mol. The van der Waals surface area contributed by atoms with Gasteiger partial charge in [-0.05, 0) is 12.8 Å². The molecule has 0 bridgehead atoms. The van der Waals surface area contributed by atoms with E-state index >= 15 is 0 Å². The second-order valence-electron chi connectivity index (χ2n) is 5.83. The van der Waals surface area contributed by atoms with E-state index in [-0.39, 0.29) is 30.3 Å². The van der Waals surface area contributed by atoms with Gasteiger partial charge in [0.05, 0.1) is 0 Å². The second-order valence-corrected chi connectivity index (χ2v) is 6.97. The molecule has 2 saturated heterocycles.